The van der Waals surface area contributed by atoms with Crippen molar-refractivity contribution in [3.05, 3.63) is 15.9 Å². The number of hydrogen-bond acceptors (Lipinski definition) is 5. The molecule has 8 heteroatoms. The van der Waals surface area contributed by atoms with Gasteiger partial charge in [0.15, 0.2) is 0 Å². The fraction of sp³-hybridized carbons (Fsp3) is 0.667. The molecule has 1 aliphatic carbocycles. The second-order valence-electron chi connectivity index (χ2n) is 4.86. The van der Waals surface area contributed by atoms with Crippen molar-refractivity contribution in [3.63, 3.8) is 0 Å². The molecule has 5 nitrogen and oxygen atoms in total. The Bertz CT molecular complexity index is 525. The van der Waals surface area contributed by atoms with E-state index in [1.165, 1.54) is 11.3 Å². The molecule has 0 radical (unpaired) electrons. The first kappa shape index (κ1) is 16.4. The molecule has 1 aromatic rings. The summed E-state index contributed by atoms with van der Waals surface area (Å²) in [7, 11) is -3.44. The van der Waals surface area contributed by atoms with Crippen LogP contribution in [0.25, 0.3) is 0 Å². The summed E-state index contributed by atoms with van der Waals surface area (Å²) in [5, 5.41) is 1.74. The molecule has 0 bridgehead atoms. The number of sulfonamides is 1. The van der Waals surface area contributed by atoms with Crippen molar-refractivity contribution in [2.45, 2.75) is 42.0 Å². The van der Waals surface area contributed by atoms with Crippen molar-refractivity contribution < 1.29 is 13.2 Å². The normalized spacial score (nSPS) is 23.9. The molecule has 1 aromatic heterocycles. The van der Waals surface area contributed by atoms with E-state index in [-0.39, 0.29) is 12.6 Å². The highest BCUT2D eigenvalue weighted by molar-refractivity contribution is 9.10. The number of rotatable bonds is 6. The van der Waals surface area contributed by atoms with Gasteiger partial charge >= 0.3 is 0 Å². The van der Waals surface area contributed by atoms with Crippen LogP contribution in [0.3, 0.4) is 0 Å². The Labute approximate surface area is 132 Å². The van der Waals surface area contributed by atoms with E-state index in [4.69, 9.17) is 10.5 Å². The van der Waals surface area contributed by atoms with Crippen LogP contribution in [0.2, 0.25) is 0 Å². The van der Waals surface area contributed by atoms with Crippen molar-refractivity contribution in [2.24, 2.45) is 5.73 Å². The van der Waals surface area contributed by atoms with E-state index in [1.807, 2.05) is 0 Å². The van der Waals surface area contributed by atoms with Gasteiger partial charge in [-0.1, -0.05) is 0 Å². The van der Waals surface area contributed by atoms with Crippen molar-refractivity contribution in [1.82, 2.24) is 4.72 Å². The fourth-order valence-electron chi connectivity index (χ4n) is 2.19. The average molecular weight is 383 g/mol. The highest BCUT2D eigenvalue weighted by atomic mass is 79.9. The monoisotopic (exact) mass is 382 g/mol. The average Bonchev–Trinajstić information content (AvgIpc) is 2.84. The van der Waals surface area contributed by atoms with Crippen molar-refractivity contribution in [3.8, 4) is 0 Å². The van der Waals surface area contributed by atoms with Gasteiger partial charge < -0.3 is 10.5 Å². The molecule has 1 heterocycles. The van der Waals surface area contributed by atoms with E-state index in [0.717, 1.165) is 25.7 Å². The second-order valence-corrected chi connectivity index (χ2v) is 8.59. The van der Waals surface area contributed by atoms with E-state index in [2.05, 4.69) is 20.7 Å². The van der Waals surface area contributed by atoms with Gasteiger partial charge in [0.25, 0.3) is 10.0 Å². The molecule has 0 spiro atoms. The Hall–Kier alpha value is 0.01000. The predicted octanol–water partition coefficient (Wildman–Crippen LogP) is 2.08. The Morgan fingerprint density at radius 1 is 1.40 bits per heavy atom. The van der Waals surface area contributed by atoms with Crippen molar-refractivity contribution in [2.75, 3.05) is 13.2 Å². The summed E-state index contributed by atoms with van der Waals surface area (Å²) in [5.74, 6) is 0. The van der Waals surface area contributed by atoms with Crippen molar-refractivity contribution in [1.29, 1.82) is 0 Å². The maximum atomic E-state index is 12.0. The molecule has 0 amide bonds. The van der Waals surface area contributed by atoms with Gasteiger partial charge in [-0.25, -0.2) is 13.1 Å². The standard InChI is InChI=1S/C12H19BrN2O3S2/c13-11-5-8-19-12(11)20(16,17)15-6-7-18-10-3-1-9(14)2-4-10/h5,8-10,15H,1-4,6-7,14H2. The lowest BCUT2D eigenvalue weighted by atomic mass is 9.94. The zero-order valence-corrected chi connectivity index (χ0v) is 14.3. The van der Waals surface area contributed by atoms with Crippen LogP contribution in [-0.2, 0) is 14.8 Å². The third kappa shape index (κ3) is 4.51. The third-order valence-corrected chi connectivity index (χ3v) is 7.43. The second kappa shape index (κ2) is 7.33. The van der Waals surface area contributed by atoms with E-state index < -0.39 is 10.0 Å². The van der Waals surface area contributed by atoms with Crippen LogP contribution in [0.4, 0.5) is 0 Å². The van der Waals surface area contributed by atoms with Crippen LogP contribution in [0, 0.1) is 0 Å². The van der Waals surface area contributed by atoms with E-state index in [1.54, 1.807) is 11.4 Å². The summed E-state index contributed by atoms with van der Waals surface area (Å²) in [5.41, 5.74) is 5.83. The largest absolute Gasteiger partial charge is 0.377 e. The number of hydrogen-bond donors (Lipinski definition) is 2. The molecule has 0 atom stereocenters. The van der Waals surface area contributed by atoms with Gasteiger partial charge in [0.2, 0.25) is 0 Å². The highest BCUT2D eigenvalue weighted by Gasteiger charge is 2.20. The number of nitrogens with one attached hydrogen (secondary N) is 1. The van der Waals surface area contributed by atoms with Crippen LogP contribution in [0.1, 0.15) is 25.7 Å². The highest BCUT2D eigenvalue weighted by Crippen LogP contribution is 2.27. The topological polar surface area (TPSA) is 81.4 Å². The van der Waals surface area contributed by atoms with Crippen LogP contribution < -0.4 is 10.5 Å². The summed E-state index contributed by atoms with van der Waals surface area (Å²) in [6, 6.07) is 2.02. The van der Waals surface area contributed by atoms with Gasteiger partial charge in [-0.2, -0.15) is 0 Å². The molecule has 20 heavy (non-hydrogen) atoms. The number of thiophene rings is 1. The number of halogens is 1. The quantitative estimate of drug-likeness (QED) is 0.737. The zero-order chi connectivity index (χ0) is 14.6. The molecule has 0 saturated heterocycles. The molecular weight excluding hydrogens is 364 g/mol. The number of nitrogens with two attached hydrogens (primary N) is 1. The molecule has 0 aromatic carbocycles. The van der Waals surface area contributed by atoms with Gasteiger partial charge in [-0.3, -0.25) is 0 Å². The molecule has 2 rings (SSSR count). The molecule has 0 unspecified atom stereocenters. The first-order chi connectivity index (χ1) is 9.49. The van der Waals surface area contributed by atoms with Crippen molar-refractivity contribution >= 4 is 37.3 Å². The third-order valence-electron chi connectivity index (χ3n) is 3.30. The summed E-state index contributed by atoms with van der Waals surface area (Å²) in [4.78, 5) is 0. The summed E-state index contributed by atoms with van der Waals surface area (Å²) < 4.78 is 33.1. The maximum absolute atomic E-state index is 12.0. The Morgan fingerprint density at radius 3 is 2.70 bits per heavy atom. The summed E-state index contributed by atoms with van der Waals surface area (Å²) in [6.07, 6.45) is 4.11. The molecule has 0 aliphatic heterocycles. The minimum absolute atomic E-state index is 0.216. The van der Waals surface area contributed by atoms with Gasteiger partial charge in [-0.15, -0.1) is 11.3 Å². The Morgan fingerprint density at radius 2 is 2.10 bits per heavy atom. The zero-order valence-electron chi connectivity index (χ0n) is 11.0. The van der Waals surface area contributed by atoms with Crippen LogP contribution in [-0.4, -0.2) is 33.7 Å². The van der Waals surface area contributed by atoms with Gasteiger partial charge in [0.05, 0.1) is 12.7 Å². The van der Waals surface area contributed by atoms with E-state index in [0.29, 0.717) is 21.3 Å². The first-order valence-corrected chi connectivity index (χ1v) is 9.74. The maximum Gasteiger partial charge on any atom is 0.251 e. The van der Waals surface area contributed by atoms with Crippen LogP contribution >= 0.6 is 27.3 Å². The van der Waals surface area contributed by atoms with Gasteiger partial charge in [0, 0.05) is 17.1 Å². The van der Waals surface area contributed by atoms with Gasteiger partial charge in [-0.05, 0) is 53.1 Å². The minimum atomic E-state index is -3.44. The number of ether oxygens (including phenoxy) is 1. The van der Waals surface area contributed by atoms with Crippen LogP contribution in [0.5, 0.6) is 0 Å². The fourth-order valence-corrected chi connectivity index (χ4v) is 5.59. The Kier molecular flexibility index (Phi) is 6.00. The molecule has 1 saturated carbocycles. The molecular formula is C12H19BrN2O3S2. The smallest absolute Gasteiger partial charge is 0.251 e. The SMILES string of the molecule is NC1CCC(OCCNS(=O)(=O)c2sccc2Br)CC1. The Balaban J connectivity index is 1.72. The lowest BCUT2D eigenvalue weighted by Crippen LogP contribution is -2.32. The molecule has 1 aliphatic rings. The molecule has 1 fully saturated rings. The molecule has 114 valence electrons. The van der Waals surface area contributed by atoms with E-state index >= 15 is 0 Å². The van der Waals surface area contributed by atoms with Gasteiger partial charge in [0.1, 0.15) is 4.21 Å². The summed E-state index contributed by atoms with van der Waals surface area (Å²) >= 11 is 4.42. The predicted molar refractivity (Wildman–Crippen MR) is 83.4 cm³/mol. The van der Waals surface area contributed by atoms with E-state index in [9.17, 15) is 8.42 Å². The summed E-state index contributed by atoms with van der Waals surface area (Å²) in [6.45, 7) is 0.678. The molecule has 3 N–H and O–H groups in total. The lowest BCUT2D eigenvalue weighted by Gasteiger charge is -2.26. The minimum Gasteiger partial charge on any atom is -0.377 e. The van der Waals surface area contributed by atoms with Crippen LogP contribution in [0.15, 0.2) is 20.1 Å². The first-order valence-electron chi connectivity index (χ1n) is 6.59. The lowest BCUT2D eigenvalue weighted by molar-refractivity contribution is 0.0287.